The van der Waals surface area contributed by atoms with Gasteiger partial charge in [0.1, 0.15) is 6.04 Å². The molecule has 0 saturated heterocycles. The van der Waals surface area contributed by atoms with E-state index in [4.69, 9.17) is 10.9 Å². The van der Waals surface area contributed by atoms with Crippen LogP contribution < -0.4 is 16.5 Å². The van der Waals surface area contributed by atoms with Crippen LogP contribution in [0.15, 0.2) is 37.4 Å². The van der Waals surface area contributed by atoms with Crippen molar-refractivity contribution in [3.05, 3.63) is 48.6 Å². The fraction of sp³-hybridized carbons (Fsp3) is 0.368. The molecular weight excluding hydrogens is 356 g/mol. The third-order valence-electron chi connectivity index (χ3n) is 3.76. The van der Waals surface area contributed by atoms with Gasteiger partial charge in [-0.05, 0) is 38.1 Å². The first-order chi connectivity index (χ1) is 12.5. The summed E-state index contributed by atoms with van der Waals surface area (Å²) in [6.45, 7) is 9.05. The van der Waals surface area contributed by atoms with E-state index in [1.807, 2.05) is 0 Å². The van der Waals surface area contributed by atoms with E-state index in [-0.39, 0.29) is 12.0 Å². The number of hydroxylamine groups is 1. The molecular formula is C19H23F2N3O3. The second-order valence-electron chi connectivity index (χ2n) is 6.57. The lowest BCUT2D eigenvalue weighted by Gasteiger charge is -2.29. The average Bonchev–Trinajstić information content (AvgIpc) is 3.25. The molecule has 0 heterocycles. The molecule has 1 aliphatic carbocycles. The number of halogens is 2. The highest BCUT2D eigenvalue weighted by Crippen LogP contribution is 2.47. The van der Waals surface area contributed by atoms with E-state index in [9.17, 15) is 18.4 Å². The molecule has 1 aliphatic rings. The van der Waals surface area contributed by atoms with Crippen molar-refractivity contribution in [1.82, 2.24) is 10.8 Å². The number of nitrogens with two attached hydrogens (primary N) is 1. The Kier molecular flexibility index (Phi) is 7.22. The summed E-state index contributed by atoms with van der Waals surface area (Å²) in [7, 11) is 0. The lowest BCUT2D eigenvalue weighted by atomic mass is 9.95. The molecule has 0 bridgehead atoms. The third kappa shape index (κ3) is 6.16. The number of amides is 2. The summed E-state index contributed by atoms with van der Waals surface area (Å²) in [4.78, 5) is 23.9. The van der Waals surface area contributed by atoms with Gasteiger partial charge < -0.3 is 11.1 Å². The smallest absolute Gasteiger partial charge is 0.267 e. The van der Waals surface area contributed by atoms with Gasteiger partial charge in [-0.2, -0.15) is 0 Å². The van der Waals surface area contributed by atoms with E-state index in [2.05, 4.69) is 30.3 Å². The number of hydrogen-bond donors (Lipinski definition) is 4. The SMILES string of the molecule is C=C.CC(C)(N)C(NC(=O)c1ccc(C#CC2CC2(F)F)cc1)C(=O)NO. The van der Waals surface area contributed by atoms with Gasteiger partial charge in [0.05, 0.1) is 5.92 Å². The molecule has 0 aromatic heterocycles. The topological polar surface area (TPSA) is 104 Å². The van der Waals surface area contributed by atoms with Crippen LogP contribution in [0.25, 0.3) is 0 Å². The Morgan fingerprint density at radius 2 is 1.85 bits per heavy atom. The Labute approximate surface area is 156 Å². The Morgan fingerprint density at radius 3 is 2.26 bits per heavy atom. The predicted molar refractivity (Wildman–Crippen MR) is 97.1 cm³/mol. The second-order valence-corrected chi connectivity index (χ2v) is 6.57. The highest BCUT2D eigenvalue weighted by molar-refractivity contribution is 5.97. The molecule has 2 amide bonds. The van der Waals surface area contributed by atoms with Crippen molar-refractivity contribution in [3.63, 3.8) is 0 Å². The maximum atomic E-state index is 12.8. The van der Waals surface area contributed by atoms with Crippen LogP contribution >= 0.6 is 0 Å². The largest absolute Gasteiger partial charge is 0.338 e. The fourth-order valence-electron chi connectivity index (χ4n) is 2.11. The van der Waals surface area contributed by atoms with Crippen LogP contribution in [-0.2, 0) is 4.79 Å². The standard InChI is InChI=1S/C17H19F2N3O3.C2H4/c1-16(2,20)13(15(24)22-25)21-14(23)11-6-3-10(4-7-11)5-8-12-9-17(12,18)19;1-2/h3-4,6-7,12-13,25H,9,20H2,1-2H3,(H,21,23)(H,22,24);1-2H2. The van der Waals surface area contributed by atoms with Crippen LogP contribution in [0, 0.1) is 17.8 Å². The first kappa shape index (κ1) is 22.3. The molecule has 2 unspecified atom stereocenters. The molecule has 0 radical (unpaired) electrons. The molecule has 2 rings (SSSR count). The molecule has 1 aromatic rings. The highest BCUT2D eigenvalue weighted by Gasteiger charge is 2.56. The quantitative estimate of drug-likeness (QED) is 0.277. The number of hydrogen-bond acceptors (Lipinski definition) is 4. The molecule has 0 aliphatic heterocycles. The molecule has 6 nitrogen and oxygen atoms in total. The summed E-state index contributed by atoms with van der Waals surface area (Å²) in [6, 6.07) is 4.82. The van der Waals surface area contributed by atoms with E-state index in [0.717, 1.165) is 0 Å². The van der Waals surface area contributed by atoms with Gasteiger partial charge in [0, 0.05) is 23.1 Å². The van der Waals surface area contributed by atoms with Crippen molar-refractivity contribution in [2.24, 2.45) is 11.7 Å². The summed E-state index contributed by atoms with van der Waals surface area (Å²) < 4.78 is 25.5. The zero-order valence-electron chi connectivity index (χ0n) is 15.2. The molecule has 5 N–H and O–H groups in total. The Hall–Kier alpha value is -2.76. The monoisotopic (exact) mass is 379 g/mol. The van der Waals surface area contributed by atoms with Crippen molar-refractivity contribution < 1.29 is 23.6 Å². The van der Waals surface area contributed by atoms with E-state index < -0.39 is 35.2 Å². The molecule has 1 saturated carbocycles. The summed E-state index contributed by atoms with van der Waals surface area (Å²) in [5.41, 5.74) is 6.93. The summed E-state index contributed by atoms with van der Waals surface area (Å²) >= 11 is 0. The van der Waals surface area contributed by atoms with Crippen LogP contribution in [0.1, 0.15) is 36.2 Å². The lowest BCUT2D eigenvalue weighted by Crippen LogP contribution is -2.61. The molecule has 146 valence electrons. The van der Waals surface area contributed by atoms with Crippen LogP contribution in [-0.4, -0.2) is 34.5 Å². The minimum Gasteiger partial charge on any atom is -0.338 e. The maximum Gasteiger partial charge on any atom is 0.267 e. The fourth-order valence-corrected chi connectivity index (χ4v) is 2.11. The van der Waals surface area contributed by atoms with Crippen molar-refractivity contribution in [1.29, 1.82) is 0 Å². The average molecular weight is 379 g/mol. The Balaban J connectivity index is 0.00000176. The number of carbonyl (C=O) groups excluding carboxylic acids is 2. The minimum atomic E-state index is -2.69. The van der Waals surface area contributed by atoms with Crippen LogP contribution in [0.5, 0.6) is 0 Å². The zero-order chi connectivity index (χ0) is 20.8. The summed E-state index contributed by atoms with van der Waals surface area (Å²) in [6.07, 6.45) is -0.219. The number of alkyl halides is 2. The molecule has 8 heteroatoms. The normalized spacial score (nSPS) is 17.9. The molecule has 1 fully saturated rings. The van der Waals surface area contributed by atoms with Crippen LogP contribution in [0.2, 0.25) is 0 Å². The van der Waals surface area contributed by atoms with Gasteiger partial charge in [-0.25, -0.2) is 14.3 Å². The number of benzene rings is 1. The molecule has 0 spiro atoms. The predicted octanol–water partition coefficient (Wildman–Crippen LogP) is 1.84. The summed E-state index contributed by atoms with van der Waals surface area (Å²) in [5, 5.41) is 11.2. The van der Waals surface area contributed by atoms with Crippen LogP contribution in [0.4, 0.5) is 8.78 Å². The van der Waals surface area contributed by atoms with E-state index in [0.29, 0.717) is 5.56 Å². The van der Waals surface area contributed by atoms with Crippen molar-refractivity contribution in [3.8, 4) is 11.8 Å². The van der Waals surface area contributed by atoms with Gasteiger partial charge in [-0.15, -0.1) is 13.2 Å². The summed E-state index contributed by atoms with van der Waals surface area (Å²) in [5.74, 6) is 0.129. The third-order valence-corrected chi connectivity index (χ3v) is 3.76. The van der Waals surface area contributed by atoms with Gasteiger partial charge >= 0.3 is 0 Å². The van der Waals surface area contributed by atoms with E-state index >= 15 is 0 Å². The number of nitrogens with one attached hydrogen (secondary N) is 2. The molecule has 27 heavy (non-hydrogen) atoms. The maximum absolute atomic E-state index is 12.8. The van der Waals surface area contributed by atoms with Crippen molar-refractivity contribution in [2.45, 2.75) is 37.8 Å². The lowest BCUT2D eigenvalue weighted by molar-refractivity contribution is -0.132. The minimum absolute atomic E-state index is 0.219. The highest BCUT2D eigenvalue weighted by atomic mass is 19.3. The zero-order valence-corrected chi connectivity index (χ0v) is 15.2. The van der Waals surface area contributed by atoms with Gasteiger partial charge in [0.15, 0.2) is 0 Å². The van der Waals surface area contributed by atoms with Crippen molar-refractivity contribution in [2.75, 3.05) is 0 Å². The van der Waals surface area contributed by atoms with E-state index in [1.165, 1.54) is 43.6 Å². The molecule has 1 aromatic carbocycles. The number of rotatable bonds is 4. The van der Waals surface area contributed by atoms with Gasteiger partial charge in [-0.1, -0.05) is 11.8 Å². The Bertz CT molecular complexity index is 746. The van der Waals surface area contributed by atoms with Crippen LogP contribution in [0.3, 0.4) is 0 Å². The second kappa shape index (κ2) is 8.75. The van der Waals surface area contributed by atoms with Gasteiger partial charge in [-0.3, -0.25) is 14.8 Å². The first-order valence-electron chi connectivity index (χ1n) is 8.08. The van der Waals surface area contributed by atoms with Gasteiger partial charge in [0.25, 0.3) is 17.7 Å². The Morgan fingerprint density at radius 1 is 1.33 bits per heavy atom. The first-order valence-corrected chi connectivity index (χ1v) is 8.08. The molecule has 2 atom stereocenters. The van der Waals surface area contributed by atoms with E-state index in [1.54, 1.807) is 0 Å². The van der Waals surface area contributed by atoms with Crippen molar-refractivity contribution >= 4 is 11.8 Å². The number of carbonyl (C=O) groups is 2. The van der Waals surface area contributed by atoms with Gasteiger partial charge in [0.2, 0.25) is 0 Å².